The second-order valence-electron chi connectivity index (χ2n) is 9.58. The maximum Gasteiger partial charge on any atom is 0.330 e. The number of hydrogen-bond acceptors (Lipinski definition) is 6. The molecular weight excluding hydrogens is 506 g/mol. The van der Waals surface area contributed by atoms with E-state index in [0.29, 0.717) is 33.4 Å². The molecule has 33 heavy (non-hydrogen) atoms. The third-order valence-corrected chi connectivity index (χ3v) is 7.97. The Hall–Kier alpha value is -2.59. The molecule has 1 saturated carbocycles. The number of halogens is 1. The summed E-state index contributed by atoms with van der Waals surface area (Å²) in [5.74, 6) is 1.77. The molecule has 1 aliphatic carbocycles. The van der Waals surface area contributed by atoms with Gasteiger partial charge >= 0.3 is 5.82 Å². The molecule has 0 unspecified atom stereocenters. The largest absolute Gasteiger partial charge is 0.330 e. The lowest BCUT2D eigenvalue weighted by molar-refractivity contribution is -0.369. The van der Waals surface area contributed by atoms with Crippen molar-refractivity contribution >= 4 is 43.3 Å². The quantitative estimate of drug-likeness (QED) is 0.495. The molecule has 2 aromatic heterocycles. The summed E-state index contributed by atoms with van der Waals surface area (Å²) in [6.45, 7) is 7.16. The highest BCUT2D eigenvalue weighted by molar-refractivity contribution is 9.10. The van der Waals surface area contributed by atoms with Gasteiger partial charge in [0.25, 0.3) is 5.82 Å². The first-order valence-electron chi connectivity index (χ1n) is 10.7. The smallest absolute Gasteiger partial charge is 0.302 e. The highest BCUT2D eigenvalue weighted by atomic mass is 79.9. The lowest BCUT2D eigenvalue weighted by Gasteiger charge is -2.18. The minimum absolute atomic E-state index is 0.0477. The monoisotopic (exact) mass is 532 g/mol. The van der Waals surface area contributed by atoms with E-state index in [1.807, 2.05) is 26.8 Å². The Labute approximate surface area is 201 Å². The molecule has 1 aromatic carbocycles. The Morgan fingerprint density at radius 1 is 1.27 bits per heavy atom. The molecule has 8 nitrogen and oxygen atoms in total. The summed E-state index contributed by atoms with van der Waals surface area (Å²) in [5, 5.41) is 7.63. The molecule has 10 heteroatoms. The van der Waals surface area contributed by atoms with E-state index < -0.39 is 9.84 Å². The molecule has 0 amide bonds. The van der Waals surface area contributed by atoms with Crippen LogP contribution in [-0.4, -0.2) is 34.8 Å². The van der Waals surface area contributed by atoms with Crippen LogP contribution in [0.1, 0.15) is 56.9 Å². The molecule has 0 atom stereocenters. The van der Waals surface area contributed by atoms with Gasteiger partial charge in [-0.1, -0.05) is 26.8 Å². The number of anilines is 2. The Bertz CT molecular complexity index is 1320. The summed E-state index contributed by atoms with van der Waals surface area (Å²) in [4.78, 5) is 20.1. The summed E-state index contributed by atoms with van der Waals surface area (Å²) in [7, 11) is -3.45. The van der Waals surface area contributed by atoms with Crippen LogP contribution in [0.25, 0.3) is 11.4 Å². The first-order chi connectivity index (χ1) is 15.4. The van der Waals surface area contributed by atoms with Crippen molar-refractivity contribution in [3.05, 3.63) is 46.7 Å². The maximum atomic E-state index is 12.9. The summed E-state index contributed by atoms with van der Waals surface area (Å²) < 4.78 is 27.7. The molecule has 0 bridgehead atoms. The Balaban J connectivity index is 1.67. The lowest BCUT2D eigenvalue weighted by Crippen LogP contribution is -2.21. The molecule has 4 rings (SSSR count). The molecule has 174 valence electrons. The number of H-pyrrole nitrogens is 1. The van der Waals surface area contributed by atoms with Crippen LogP contribution in [0.15, 0.2) is 45.9 Å². The third kappa shape index (κ3) is 5.50. The van der Waals surface area contributed by atoms with Crippen molar-refractivity contribution in [1.29, 1.82) is 0 Å². The van der Waals surface area contributed by atoms with Gasteiger partial charge in [-0.2, -0.15) is 9.78 Å². The molecule has 2 heterocycles. The van der Waals surface area contributed by atoms with Crippen LogP contribution in [0.5, 0.6) is 0 Å². The van der Waals surface area contributed by atoms with Gasteiger partial charge in [-0.15, -0.1) is 0 Å². The van der Waals surface area contributed by atoms with Gasteiger partial charge in [0.15, 0.2) is 9.84 Å². The molecule has 0 radical (unpaired) electrons. The normalized spacial score (nSPS) is 14.3. The first-order valence-corrected chi connectivity index (χ1v) is 13.2. The molecule has 1 aliphatic rings. The lowest BCUT2D eigenvalue weighted by atomic mass is 10.0. The topological polar surface area (TPSA) is 108 Å². The number of nitrogens with zero attached hydrogens (tertiary/aromatic N) is 3. The van der Waals surface area contributed by atoms with Crippen molar-refractivity contribution in [2.75, 3.05) is 11.1 Å². The fourth-order valence-corrected chi connectivity index (χ4v) is 5.75. The van der Waals surface area contributed by atoms with E-state index in [0.717, 1.165) is 18.5 Å². The van der Waals surface area contributed by atoms with E-state index in [2.05, 4.69) is 36.3 Å². The number of hydrogen-bond donors (Lipinski definition) is 1. The SMILES string of the molecule is CC(=O)n1nc(C2CC2)cc1Nc1nc(-c2cccc(S(=O)(=O)CC(C)(C)C)c2)[nH+]cc1Br. The second-order valence-corrected chi connectivity index (χ2v) is 12.4. The number of aromatic amines is 1. The number of carbonyl (C=O) groups excluding carboxylic acids is 1. The zero-order valence-electron chi connectivity index (χ0n) is 19.0. The van der Waals surface area contributed by atoms with Gasteiger partial charge < -0.3 is 5.32 Å². The number of carbonyl (C=O) groups is 1. The minimum atomic E-state index is -3.45. The average Bonchev–Trinajstić information content (AvgIpc) is 3.48. The fourth-order valence-electron chi connectivity index (χ4n) is 3.55. The van der Waals surface area contributed by atoms with Gasteiger partial charge in [0.05, 0.1) is 21.9 Å². The van der Waals surface area contributed by atoms with Crippen molar-refractivity contribution in [3.8, 4) is 11.4 Å². The highest BCUT2D eigenvalue weighted by Crippen LogP contribution is 2.40. The summed E-state index contributed by atoms with van der Waals surface area (Å²) in [6.07, 6.45) is 3.88. The highest BCUT2D eigenvalue weighted by Gasteiger charge is 2.29. The predicted molar refractivity (Wildman–Crippen MR) is 129 cm³/mol. The van der Waals surface area contributed by atoms with Crippen molar-refractivity contribution in [2.24, 2.45) is 5.41 Å². The molecule has 0 aliphatic heterocycles. The van der Waals surface area contributed by atoms with Gasteiger partial charge in [-0.05, 0) is 57.4 Å². The van der Waals surface area contributed by atoms with Crippen molar-refractivity contribution in [1.82, 2.24) is 14.8 Å². The predicted octanol–water partition coefficient (Wildman–Crippen LogP) is 4.62. The van der Waals surface area contributed by atoms with E-state index in [4.69, 9.17) is 0 Å². The van der Waals surface area contributed by atoms with Crippen molar-refractivity contribution in [2.45, 2.75) is 51.3 Å². The molecule has 3 aromatic rings. The number of benzene rings is 1. The number of sulfone groups is 1. The van der Waals surface area contributed by atoms with Crippen LogP contribution in [0.4, 0.5) is 11.6 Å². The molecule has 0 spiro atoms. The number of rotatable bonds is 6. The van der Waals surface area contributed by atoms with Gasteiger partial charge in [0.2, 0.25) is 5.91 Å². The van der Waals surface area contributed by atoms with Crippen LogP contribution in [0.3, 0.4) is 0 Å². The van der Waals surface area contributed by atoms with Crippen LogP contribution in [-0.2, 0) is 9.84 Å². The average molecular weight is 533 g/mol. The van der Waals surface area contributed by atoms with E-state index in [1.54, 1.807) is 30.5 Å². The molecule has 0 saturated heterocycles. The zero-order valence-corrected chi connectivity index (χ0v) is 21.4. The fraction of sp³-hybridized carbons (Fsp3) is 0.391. The van der Waals surface area contributed by atoms with Crippen molar-refractivity contribution < 1.29 is 18.2 Å². The maximum absolute atomic E-state index is 12.9. The standard InChI is InChI=1S/C23H26BrN5O3S/c1-14(30)29-20(11-19(28-29)15-8-9-15)26-22-18(24)12-25-21(27-22)16-6-5-7-17(10-16)33(31,32)13-23(2,3)4/h5-7,10-12,15H,8-9,13H2,1-4H3,(H,25,26,27)/p+1. The molecule has 1 fully saturated rings. The van der Waals surface area contributed by atoms with Crippen LogP contribution in [0.2, 0.25) is 0 Å². The number of nitrogens with one attached hydrogen (secondary N) is 2. The second kappa shape index (κ2) is 8.64. The van der Waals surface area contributed by atoms with E-state index in [9.17, 15) is 13.2 Å². The number of aromatic nitrogens is 4. The zero-order chi connectivity index (χ0) is 24.0. The molecular formula is C23H27BrN5O3S+. The van der Waals surface area contributed by atoms with Gasteiger partial charge in [-0.3, -0.25) is 4.79 Å². The Morgan fingerprint density at radius 2 is 2.00 bits per heavy atom. The van der Waals surface area contributed by atoms with Crippen LogP contribution >= 0.6 is 15.9 Å². The first kappa shape index (κ1) is 23.6. The molecule has 2 N–H and O–H groups in total. The van der Waals surface area contributed by atoms with E-state index >= 15 is 0 Å². The van der Waals surface area contributed by atoms with Crippen LogP contribution in [0, 0.1) is 5.41 Å². The van der Waals surface area contributed by atoms with Crippen molar-refractivity contribution in [3.63, 3.8) is 0 Å². The van der Waals surface area contributed by atoms with Gasteiger partial charge in [0.1, 0.15) is 16.5 Å². The van der Waals surface area contributed by atoms with Crippen LogP contribution < -0.4 is 10.3 Å². The Morgan fingerprint density at radius 3 is 2.64 bits per heavy atom. The van der Waals surface area contributed by atoms with Gasteiger partial charge in [0, 0.05) is 18.9 Å². The third-order valence-electron chi connectivity index (χ3n) is 5.14. The van der Waals surface area contributed by atoms with Gasteiger partial charge in [-0.25, -0.2) is 13.4 Å². The van der Waals surface area contributed by atoms with E-state index in [1.165, 1.54) is 11.6 Å². The summed E-state index contributed by atoms with van der Waals surface area (Å²) in [6, 6.07) is 8.62. The summed E-state index contributed by atoms with van der Waals surface area (Å²) in [5.41, 5.74) is 1.18. The Kier molecular flexibility index (Phi) is 6.17. The summed E-state index contributed by atoms with van der Waals surface area (Å²) >= 11 is 3.48. The minimum Gasteiger partial charge on any atom is -0.302 e. The van der Waals surface area contributed by atoms with E-state index in [-0.39, 0.29) is 22.0 Å².